The maximum Gasteiger partial charge on any atom is 0.105 e. The monoisotopic (exact) mass is 207 g/mol. The van der Waals surface area contributed by atoms with Crippen LogP contribution >= 0.6 is 0 Å². The van der Waals surface area contributed by atoms with Gasteiger partial charge in [0.1, 0.15) is 6.67 Å². The lowest BCUT2D eigenvalue weighted by molar-refractivity contribution is 0.116. The highest BCUT2D eigenvalue weighted by molar-refractivity contribution is 5.14. The Balaban J connectivity index is 1.97. The van der Waals surface area contributed by atoms with Gasteiger partial charge in [-0.3, -0.25) is 4.90 Å². The molecule has 1 heterocycles. The first-order valence-electron chi connectivity index (χ1n) is 5.74. The SMILES string of the molecule is FCC1CCCCN1Cc1ccccc1. The third-order valence-corrected chi connectivity index (χ3v) is 3.16. The predicted octanol–water partition coefficient (Wildman–Crippen LogP) is 3.01. The van der Waals surface area contributed by atoms with Gasteiger partial charge in [-0.05, 0) is 24.9 Å². The van der Waals surface area contributed by atoms with Crippen molar-refractivity contribution in [1.29, 1.82) is 0 Å². The average molecular weight is 207 g/mol. The van der Waals surface area contributed by atoms with Gasteiger partial charge >= 0.3 is 0 Å². The maximum atomic E-state index is 12.8. The summed E-state index contributed by atoms with van der Waals surface area (Å²) in [4.78, 5) is 2.28. The third kappa shape index (κ3) is 2.78. The summed E-state index contributed by atoms with van der Waals surface area (Å²) < 4.78 is 12.8. The number of hydrogen-bond acceptors (Lipinski definition) is 1. The molecular weight excluding hydrogens is 189 g/mol. The number of likely N-dealkylation sites (tertiary alicyclic amines) is 1. The highest BCUT2D eigenvalue weighted by atomic mass is 19.1. The Hall–Kier alpha value is -0.890. The van der Waals surface area contributed by atoms with E-state index in [0.29, 0.717) is 0 Å². The van der Waals surface area contributed by atoms with Crippen molar-refractivity contribution in [3.8, 4) is 0 Å². The molecule has 1 aromatic carbocycles. The molecule has 1 atom stereocenters. The molecule has 82 valence electrons. The second kappa shape index (κ2) is 5.26. The fourth-order valence-electron chi connectivity index (χ4n) is 2.26. The lowest BCUT2D eigenvalue weighted by atomic mass is 10.0. The molecule has 1 saturated heterocycles. The number of piperidine rings is 1. The minimum Gasteiger partial charge on any atom is -0.294 e. The summed E-state index contributed by atoms with van der Waals surface area (Å²) in [6.07, 6.45) is 3.41. The Morgan fingerprint density at radius 1 is 1.20 bits per heavy atom. The number of hydrogen-bond donors (Lipinski definition) is 0. The quantitative estimate of drug-likeness (QED) is 0.736. The van der Waals surface area contributed by atoms with Crippen LogP contribution < -0.4 is 0 Å². The highest BCUT2D eigenvalue weighted by Gasteiger charge is 2.21. The van der Waals surface area contributed by atoms with E-state index in [-0.39, 0.29) is 12.7 Å². The predicted molar refractivity (Wildman–Crippen MR) is 60.5 cm³/mol. The Labute approximate surface area is 90.9 Å². The van der Waals surface area contributed by atoms with E-state index in [9.17, 15) is 4.39 Å². The molecular formula is C13H18FN. The lowest BCUT2D eigenvalue weighted by Crippen LogP contribution is -2.40. The summed E-state index contributed by atoms with van der Waals surface area (Å²) in [6, 6.07) is 10.5. The fourth-order valence-corrected chi connectivity index (χ4v) is 2.26. The van der Waals surface area contributed by atoms with Crippen molar-refractivity contribution in [3.05, 3.63) is 35.9 Å². The second-order valence-electron chi connectivity index (χ2n) is 4.26. The van der Waals surface area contributed by atoms with Gasteiger partial charge < -0.3 is 0 Å². The number of alkyl halides is 1. The molecule has 0 bridgehead atoms. The molecule has 1 fully saturated rings. The molecule has 0 radical (unpaired) electrons. The topological polar surface area (TPSA) is 3.24 Å². The van der Waals surface area contributed by atoms with Gasteiger partial charge in [-0.25, -0.2) is 4.39 Å². The van der Waals surface area contributed by atoms with Gasteiger partial charge in [0.15, 0.2) is 0 Å². The second-order valence-corrected chi connectivity index (χ2v) is 4.26. The van der Waals surface area contributed by atoms with Crippen LogP contribution in [0, 0.1) is 0 Å². The molecule has 0 aromatic heterocycles. The van der Waals surface area contributed by atoms with Crippen LogP contribution in [-0.2, 0) is 6.54 Å². The molecule has 2 rings (SSSR count). The first-order chi connectivity index (χ1) is 7.40. The van der Waals surface area contributed by atoms with Gasteiger partial charge in [0.25, 0.3) is 0 Å². The Morgan fingerprint density at radius 3 is 2.73 bits per heavy atom. The van der Waals surface area contributed by atoms with Crippen molar-refractivity contribution in [2.45, 2.75) is 31.8 Å². The summed E-state index contributed by atoms with van der Waals surface area (Å²) in [5, 5.41) is 0. The summed E-state index contributed by atoms with van der Waals surface area (Å²) in [7, 11) is 0. The third-order valence-electron chi connectivity index (χ3n) is 3.16. The van der Waals surface area contributed by atoms with Crippen LogP contribution in [0.15, 0.2) is 30.3 Å². The van der Waals surface area contributed by atoms with E-state index in [1.165, 1.54) is 18.4 Å². The van der Waals surface area contributed by atoms with Crippen LogP contribution in [0.1, 0.15) is 24.8 Å². The molecule has 0 spiro atoms. The number of rotatable bonds is 3. The van der Waals surface area contributed by atoms with Gasteiger partial charge in [0, 0.05) is 12.6 Å². The normalized spacial score (nSPS) is 22.9. The van der Waals surface area contributed by atoms with E-state index in [1.54, 1.807) is 0 Å². The molecule has 1 aromatic rings. The zero-order valence-electron chi connectivity index (χ0n) is 9.03. The molecule has 1 nitrogen and oxygen atoms in total. The Bertz CT molecular complexity index is 286. The zero-order valence-corrected chi connectivity index (χ0v) is 9.03. The van der Waals surface area contributed by atoms with Crippen LogP contribution in [-0.4, -0.2) is 24.2 Å². The zero-order chi connectivity index (χ0) is 10.5. The standard InChI is InChI=1S/C13H18FN/c14-10-13-8-4-5-9-15(13)11-12-6-2-1-3-7-12/h1-3,6-7,13H,4-5,8-11H2. The number of benzene rings is 1. The molecule has 0 aliphatic carbocycles. The first kappa shape index (κ1) is 10.6. The average Bonchev–Trinajstić information content (AvgIpc) is 2.31. The van der Waals surface area contributed by atoms with Crippen LogP contribution in [0.2, 0.25) is 0 Å². The molecule has 15 heavy (non-hydrogen) atoms. The van der Waals surface area contributed by atoms with Gasteiger partial charge in [-0.15, -0.1) is 0 Å². The molecule has 0 N–H and O–H groups in total. The van der Waals surface area contributed by atoms with E-state index in [4.69, 9.17) is 0 Å². The summed E-state index contributed by atoms with van der Waals surface area (Å²) in [5.41, 5.74) is 1.29. The van der Waals surface area contributed by atoms with E-state index in [2.05, 4.69) is 17.0 Å². The largest absolute Gasteiger partial charge is 0.294 e. The molecule has 2 heteroatoms. The van der Waals surface area contributed by atoms with Crippen molar-refractivity contribution in [2.24, 2.45) is 0 Å². The van der Waals surface area contributed by atoms with Crippen LogP contribution in [0.4, 0.5) is 4.39 Å². The number of halogens is 1. The fraction of sp³-hybridized carbons (Fsp3) is 0.538. The summed E-state index contributed by atoms with van der Waals surface area (Å²) >= 11 is 0. The van der Waals surface area contributed by atoms with Crippen molar-refractivity contribution >= 4 is 0 Å². The highest BCUT2D eigenvalue weighted by Crippen LogP contribution is 2.19. The molecule has 1 unspecified atom stereocenters. The van der Waals surface area contributed by atoms with Gasteiger partial charge in [-0.2, -0.15) is 0 Å². The van der Waals surface area contributed by atoms with Crippen LogP contribution in [0.3, 0.4) is 0 Å². The van der Waals surface area contributed by atoms with Crippen molar-refractivity contribution in [3.63, 3.8) is 0 Å². The van der Waals surface area contributed by atoms with Gasteiger partial charge in [0.2, 0.25) is 0 Å². The minimum atomic E-state index is -0.202. The smallest absolute Gasteiger partial charge is 0.105 e. The molecule has 0 saturated carbocycles. The molecule has 1 aliphatic rings. The Morgan fingerprint density at radius 2 is 2.00 bits per heavy atom. The number of nitrogens with zero attached hydrogens (tertiary/aromatic N) is 1. The van der Waals surface area contributed by atoms with Gasteiger partial charge in [-0.1, -0.05) is 36.8 Å². The van der Waals surface area contributed by atoms with Crippen LogP contribution in [0.25, 0.3) is 0 Å². The van der Waals surface area contributed by atoms with Crippen molar-refractivity contribution in [1.82, 2.24) is 4.90 Å². The summed E-state index contributed by atoms with van der Waals surface area (Å²) in [5.74, 6) is 0. The van der Waals surface area contributed by atoms with Crippen LogP contribution in [0.5, 0.6) is 0 Å². The summed E-state index contributed by atoms with van der Waals surface area (Å²) in [6.45, 7) is 1.74. The maximum absolute atomic E-state index is 12.8. The van der Waals surface area contributed by atoms with E-state index < -0.39 is 0 Å². The van der Waals surface area contributed by atoms with E-state index in [0.717, 1.165) is 19.5 Å². The lowest BCUT2D eigenvalue weighted by Gasteiger charge is -2.33. The molecule has 1 aliphatic heterocycles. The molecule has 0 amide bonds. The first-order valence-corrected chi connectivity index (χ1v) is 5.74. The minimum absolute atomic E-state index is 0.152. The Kier molecular flexibility index (Phi) is 3.73. The van der Waals surface area contributed by atoms with Crippen molar-refractivity contribution in [2.75, 3.05) is 13.2 Å². The van der Waals surface area contributed by atoms with Crippen molar-refractivity contribution < 1.29 is 4.39 Å². The van der Waals surface area contributed by atoms with E-state index >= 15 is 0 Å². The van der Waals surface area contributed by atoms with E-state index in [1.807, 2.05) is 18.2 Å². The van der Waals surface area contributed by atoms with Gasteiger partial charge in [0.05, 0.1) is 0 Å².